The predicted molar refractivity (Wildman–Crippen MR) is 105 cm³/mol. The van der Waals surface area contributed by atoms with E-state index in [9.17, 15) is 0 Å². The topological polar surface area (TPSA) is 27.7 Å². The standard InChI is InChI=1S/C21H33BO3/c1-7-13-19(14-8-2)23-22(24-20(15-9-3)16-10-4)25-21(17-11-5)18-12-6/h1,3,5,19-21H,8,10,12-18H2,2,4,6H3. The first-order chi connectivity index (χ1) is 12.1. The smallest absolute Gasteiger partial charge is 0.382 e. The van der Waals surface area contributed by atoms with Gasteiger partial charge in [0.2, 0.25) is 0 Å². The molecular weight excluding hydrogens is 311 g/mol. The fourth-order valence-electron chi connectivity index (χ4n) is 2.58. The molecule has 3 nitrogen and oxygen atoms in total. The third kappa shape index (κ3) is 11.7. The second-order valence-electron chi connectivity index (χ2n) is 6.15. The summed E-state index contributed by atoms with van der Waals surface area (Å²) >= 11 is 0. The van der Waals surface area contributed by atoms with Gasteiger partial charge in [-0.1, -0.05) is 40.0 Å². The Balaban J connectivity index is 5.08. The first-order valence-electron chi connectivity index (χ1n) is 9.41. The monoisotopic (exact) mass is 344 g/mol. The molecule has 0 aliphatic rings. The summed E-state index contributed by atoms with van der Waals surface area (Å²) < 4.78 is 18.2. The van der Waals surface area contributed by atoms with Crippen molar-refractivity contribution in [2.45, 2.75) is 96.9 Å². The van der Waals surface area contributed by atoms with Crippen molar-refractivity contribution < 1.29 is 14.0 Å². The number of terminal acetylenes is 3. The Kier molecular flexibility index (Phi) is 15.2. The fourth-order valence-corrected chi connectivity index (χ4v) is 2.58. The van der Waals surface area contributed by atoms with E-state index in [1.807, 2.05) is 0 Å². The molecule has 138 valence electrons. The third-order valence-electron chi connectivity index (χ3n) is 3.78. The Hall–Kier alpha value is -1.38. The first kappa shape index (κ1) is 23.6. The molecular formula is C21H33BO3. The largest absolute Gasteiger partial charge is 0.640 e. The summed E-state index contributed by atoms with van der Waals surface area (Å²) in [6, 6.07) is 0. The molecule has 0 aromatic carbocycles. The van der Waals surface area contributed by atoms with Crippen LogP contribution < -0.4 is 0 Å². The summed E-state index contributed by atoms with van der Waals surface area (Å²) in [6.07, 6.45) is 23.2. The lowest BCUT2D eigenvalue weighted by atomic mass is 10.0. The van der Waals surface area contributed by atoms with Crippen molar-refractivity contribution in [1.29, 1.82) is 0 Å². The minimum absolute atomic E-state index is 0.0961. The lowest BCUT2D eigenvalue weighted by Crippen LogP contribution is -2.38. The van der Waals surface area contributed by atoms with Gasteiger partial charge >= 0.3 is 7.32 Å². The average Bonchev–Trinajstić information content (AvgIpc) is 2.56. The molecule has 0 N–H and O–H groups in total. The summed E-state index contributed by atoms with van der Waals surface area (Å²) in [7, 11) is -0.792. The van der Waals surface area contributed by atoms with Crippen LogP contribution in [0.25, 0.3) is 0 Å². The molecule has 0 amide bonds. The normalized spacial score (nSPS) is 13.9. The molecule has 25 heavy (non-hydrogen) atoms. The Morgan fingerprint density at radius 2 is 0.920 bits per heavy atom. The highest BCUT2D eigenvalue weighted by Gasteiger charge is 2.31. The summed E-state index contributed by atoms with van der Waals surface area (Å²) in [5.74, 6) is 7.99. The minimum Gasteiger partial charge on any atom is -0.382 e. The van der Waals surface area contributed by atoms with Crippen LogP contribution in [0.15, 0.2) is 0 Å². The van der Waals surface area contributed by atoms with Gasteiger partial charge in [0.1, 0.15) is 0 Å². The van der Waals surface area contributed by atoms with E-state index in [2.05, 4.69) is 38.5 Å². The van der Waals surface area contributed by atoms with E-state index in [0.29, 0.717) is 19.3 Å². The summed E-state index contributed by atoms with van der Waals surface area (Å²) in [5.41, 5.74) is 0. The summed E-state index contributed by atoms with van der Waals surface area (Å²) in [6.45, 7) is 6.29. The highest BCUT2D eigenvalue weighted by molar-refractivity contribution is 6.36. The maximum absolute atomic E-state index is 6.05. The van der Waals surface area contributed by atoms with E-state index >= 15 is 0 Å². The quantitative estimate of drug-likeness (QED) is 0.321. The molecule has 0 aromatic heterocycles. The zero-order chi connectivity index (χ0) is 18.9. The predicted octanol–water partition coefficient (Wildman–Crippen LogP) is 4.60. The first-order valence-corrected chi connectivity index (χ1v) is 9.41. The molecule has 0 saturated carbocycles. The van der Waals surface area contributed by atoms with Gasteiger partial charge in [0.25, 0.3) is 0 Å². The van der Waals surface area contributed by atoms with Crippen LogP contribution in [0.3, 0.4) is 0 Å². The Bertz CT molecular complexity index is 377. The van der Waals surface area contributed by atoms with Crippen molar-refractivity contribution in [2.24, 2.45) is 0 Å². The molecule has 0 radical (unpaired) electrons. The van der Waals surface area contributed by atoms with Crippen molar-refractivity contribution in [2.75, 3.05) is 0 Å². The Morgan fingerprint density at radius 1 is 0.640 bits per heavy atom. The van der Waals surface area contributed by atoms with Crippen molar-refractivity contribution in [3.8, 4) is 37.0 Å². The summed E-state index contributed by atoms with van der Waals surface area (Å²) in [4.78, 5) is 0. The van der Waals surface area contributed by atoms with Crippen LogP contribution in [0.4, 0.5) is 0 Å². The molecule has 4 heteroatoms. The maximum Gasteiger partial charge on any atom is 0.640 e. The molecule has 0 aromatic rings. The molecule has 0 aliphatic carbocycles. The van der Waals surface area contributed by atoms with Gasteiger partial charge in [-0.05, 0) is 19.3 Å². The van der Waals surface area contributed by atoms with Crippen LogP contribution >= 0.6 is 0 Å². The highest BCUT2D eigenvalue weighted by Crippen LogP contribution is 2.17. The highest BCUT2D eigenvalue weighted by atomic mass is 16.7. The SMILES string of the molecule is C#CCC(CCC)OB(OC(CC#C)CCC)OC(CC#C)CCC. The van der Waals surface area contributed by atoms with E-state index in [4.69, 9.17) is 33.2 Å². The van der Waals surface area contributed by atoms with Crippen LogP contribution in [0.5, 0.6) is 0 Å². The molecule has 0 aliphatic heterocycles. The maximum atomic E-state index is 6.05. The number of hydrogen-bond donors (Lipinski definition) is 0. The molecule has 0 spiro atoms. The Morgan fingerprint density at radius 3 is 1.12 bits per heavy atom. The zero-order valence-corrected chi connectivity index (χ0v) is 16.1. The van der Waals surface area contributed by atoms with E-state index in [0.717, 1.165) is 38.5 Å². The van der Waals surface area contributed by atoms with Crippen LogP contribution in [0.1, 0.15) is 78.6 Å². The second-order valence-corrected chi connectivity index (χ2v) is 6.15. The van der Waals surface area contributed by atoms with Crippen LogP contribution in [0, 0.1) is 37.0 Å². The average molecular weight is 344 g/mol. The lowest BCUT2D eigenvalue weighted by Gasteiger charge is -2.27. The van der Waals surface area contributed by atoms with Gasteiger partial charge in [0.15, 0.2) is 0 Å². The van der Waals surface area contributed by atoms with Crippen LogP contribution in [-0.4, -0.2) is 25.6 Å². The molecule has 0 rings (SSSR count). The molecule has 3 unspecified atom stereocenters. The van der Waals surface area contributed by atoms with E-state index in [1.165, 1.54) is 0 Å². The van der Waals surface area contributed by atoms with Gasteiger partial charge in [0.05, 0.1) is 18.3 Å². The Labute approximate surface area is 155 Å². The van der Waals surface area contributed by atoms with E-state index in [-0.39, 0.29) is 18.3 Å². The lowest BCUT2D eigenvalue weighted by molar-refractivity contribution is 0.00510. The molecule has 0 saturated heterocycles. The van der Waals surface area contributed by atoms with E-state index in [1.54, 1.807) is 0 Å². The van der Waals surface area contributed by atoms with Gasteiger partial charge < -0.3 is 14.0 Å². The minimum atomic E-state index is -0.792. The molecule has 0 heterocycles. The molecule has 3 atom stereocenters. The molecule has 0 fully saturated rings. The zero-order valence-electron chi connectivity index (χ0n) is 16.1. The van der Waals surface area contributed by atoms with Gasteiger partial charge in [-0.25, -0.2) is 0 Å². The second kappa shape index (κ2) is 16.1. The third-order valence-corrected chi connectivity index (χ3v) is 3.78. The summed E-state index contributed by atoms with van der Waals surface area (Å²) in [5, 5.41) is 0. The van der Waals surface area contributed by atoms with Gasteiger partial charge in [-0.3, -0.25) is 0 Å². The van der Waals surface area contributed by atoms with Gasteiger partial charge in [-0.2, -0.15) is 0 Å². The van der Waals surface area contributed by atoms with Crippen molar-refractivity contribution in [1.82, 2.24) is 0 Å². The van der Waals surface area contributed by atoms with E-state index < -0.39 is 7.32 Å². The fraction of sp³-hybridized carbons (Fsp3) is 0.714. The number of hydrogen-bond acceptors (Lipinski definition) is 3. The van der Waals surface area contributed by atoms with Crippen molar-refractivity contribution in [3.63, 3.8) is 0 Å². The number of rotatable bonds is 15. The van der Waals surface area contributed by atoms with Crippen molar-refractivity contribution >= 4 is 7.32 Å². The van der Waals surface area contributed by atoms with Crippen LogP contribution in [0.2, 0.25) is 0 Å². The van der Waals surface area contributed by atoms with Crippen molar-refractivity contribution in [3.05, 3.63) is 0 Å². The van der Waals surface area contributed by atoms with Crippen LogP contribution in [-0.2, 0) is 14.0 Å². The molecule has 0 bridgehead atoms. The van der Waals surface area contributed by atoms with Gasteiger partial charge in [0, 0.05) is 19.3 Å². The van der Waals surface area contributed by atoms with Gasteiger partial charge in [-0.15, -0.1) is 37.0 Å².